The van der Waals surface area contributed by atoms with Crippen LogP contribution >= 0.6 is 11.3 Å². The molecule has 5 aromatic rings. The number of allylic oxidation sites excluding steroid dienone is 6. The average molecular weight is 594 g/mol. The lowest BCUT2D eigenvalue weighted by molar-refractivity contribution is 0.318. The summed E-state index contributed by atoms with van der Waals surface area (Å²) in [6, 6.07) is 21.6. The smallest absolute Gasteiger partial charge is 0.269 e. The molecule has 0 amide bonds. The van der Waals surface area contributed by atoms with Gasteiger partial charge >= 0.3 is 0 Å². The van der Waals surface area contributed by atoms with Gasteiger partial charge in [-0.1, -0.05) is 23.8 Å². The molecule has 0 bridgehead atoms. The number of nitrogens with zero attached hydrogens (tertiary/aromatic N) is 3. The number of hydrogen-bond donors (Lipinski definition) is 0. The number of nitriles is 1. The summed E-state index contributed by atoms with van der Waals surface area (Å²) in [5, 5.41) is 10.3. The van der Waals surface area contributed by atoms with Gasteiger partial charge in [0.15, 0.2) is 0 Å². The van der Waals surface area contributed by atoms with Crippen LogP contribution in [0.1, 0.15) is 39.6 Å². The van der Waals surface area contributed by atoms with Crippen LogP contribution in [-0.2, 0) is 4.74 Å². The Kier molecular flexibility index (Phi) is 7.47. The van der Waals surface area contributed by atoms with Gasteiger partial charge in [-0.25, -0.2) is 10.1 Å². The first-order valence-corrected chi connectivity index (χ1v) is 15.2. The van der Waals surface area contributed by atoms with Gasteiger partial charge in [0, 0.05) is 27.7 Å². The standard InChI is InChI=1S/C38H31N3O2S/c1-22-12-23(2)16-30(15-22)41(37-25(4)13-24(3)14-26(37)5)29-8-11-33-35(19-29)43-36-20-32(44-38(33)36)10-9-31-18-28(17-27(6)42-31)34(21-39)40-7/h8-20H,1-6H3/b10-9+,34-28-. The molecule has 0 saturated carbocycles. The molecule has 1 aliphatic rings. The van der Waals surface area contributed by atoms with Crippen LogP contribution in [0, 0.1) is 52.5 Å². The minimum atomic E-state index is 0.0434. The highest BCUT2D eigenvalue weighted by Crippen LogP contribution is 2.43. The zero-order valence-electron chi connectivity index (χ0n) is 25.6. The fourth-order valence-electron chi connectivity index (χ4n) is 5.99. The van der Waals surface area contributed by atoms with E-state index in [2.05, 4.69) is 92.9 Å². The van der Waals surface area contributed by atoms with Crippen LogP contribution < -0.4 is 4.90 Å². The molecule has 44 heavy (non-hydrogen) atoms. The summed E-state index contributed by atoms with van der Waals surface area (Å²) >= 11 is 1.65. The second kappa shape index (κ2) is 11.4. The topological polar surface area (TPSA) is 53.8 Å². The van der Waals surface area contributed by atoms with Gasteiger partial charge in [-0.05, 0) is 124 Å². The lowest BCUT2D eigenvalue weighted by atomic mass is 10.0. The van der Waals surface area contributed by atoms with Crippen LogP contribution in [0.5, 0.6) is 0 Å². The second-order valence-corrected chi connectivity index (χ2v) is 12.4. The lowest BCUT2D eigenvalue weighted by Gasteiger charge is -2.29. The number of anilines is 3. The van der Waals surface area contributed by atoms with Crippen molar-refractivity contribution in [1.82, 2.24) is 0 Å². The molecule has 5 nitrogen and oxygen atoms in total. The SMILES string of the molecule is [C-]#[N+]/C(C#N)=C1/C=C(C)OC(/C=C/c2cc3oc4cc(N(c5cc(C)cc(C)c5)c5c(C)cc(C)cc5C)ccc4c3s2)=C1. The molecule has 0 atom stereocenters. The Morgan fingerprint density at radius 2 is 1.55 bits per heavy atom. The van der Waals surface area contributed by atoms with Crippen molar-refractivity contribution in [2.75, 3.05) is 4.90 Å². The van der Waals surface area contributed by atoms with E-state index in [-0.39, 0.29) is 5.70 Å². The molecule has 6 heteroatoms. The van der Waals surface area contributed by atoms with Crippen LogP contribution in [0.15, 0.2) is 100 Å². The van der Waals surface area contributed by atoms with Gasteiger partial charge in [-0.3, -0.25) is 0 Å². The Morgan fingerprint density at radius 1 is 0.841 bits per heavy atom. The summed E-state index contributed by atoms with van der Waals surface area (Å²) in [7, 11) is 0. The number of fused-ring (bicyclic) bond motifs is 3. The van der Waals surface area contributed by atoms with E-state index in [9.17, 15) is 5.26 Å². The molecule has 0 saturated heterocycles. The molecule has 216 valence electrons. The van der Waals surface area contributed by atoms with Crippen LogP contribution in [-0.4, -0.2) is 0 Å². The molecular formula is C38H31N3O2S. The molecule has 0 aliphatic carbocycles. The lowest BCUT2D eigenvalue weighted by Crippen LogP contribution is -2.13. The number of thiophene rings is 1. The van der Waals surface area contributed by atoms with E-state index < -0.39 is 0 Å². The summed E-state index contributed by atoms with van der Waals surface area (Å²) in [4.78, 5) is 6.68. The quantitative estimate of drug-likeness (QED) is 0.150. The highest BCUT2D eigenvalue weighted by Gasteiger charge is 2.20. The summed E-state index contributed by atoms with van der Waals surface area (Å²) in [5.41, 5.74) is 11.8. The van der Waals surface area contributed by atoms with Crippen molar-refractivity contribution < 1.29 is 9.15 Å². The van der Waals surface area contributed by atoms with Gasteiger partial charge in [0.2, 0.25) is 0 Å². The van der Waals surface area contributed by atoms with Crippen LogP contribution in [0.25, 0.3) is 32.2 Å². The number of hydrogen-bond acceptors (Lipinski definition) is 5. The maximum absolute atomic E-state index is 9.27. The third-order valence-electron chi connectivity index (χ3n) is 7.57. The van der Waals surface area contributed by atoms with Crippen molar-refractivity contribution in [3.63, 3.8) is 0 Å². The monoisotopic (exact) mass is 593 g/mol. The molecule has 1 aliphatic heterocycles. The Bertz CT molecular complexity index is 2130. The Labute approximate surface area is 261 Å². The normalized spacial score (nSPS) is 14.3. The molecule has 3 aromatic carbocycles. The first-order valence-electron chi connectivity index (χ1n) is 14.3. The van der Waals surface area contributed by atoms with E-state index >= 15 is 0 Å². The minimum absolute atomic E-state index is 0.0434. The van der Waals surface area contributed by atoms with Crippen LogP contribution in [0.4, 0.5) is 17.1 Å². The highest BCUT2D eigenvalue weighted by molar-refractivity contribution is 7.20. The van der Waals surface area contributed by atoms with E-state index in [1.54, 1.807) is 30.4 Å². The average Bonchev–Trinajstić information content (AvgIpc) is 3.50. The van der Waals surface area contributed by atoms with E-state index in [1.807, 2.05) is 24.3 Å². The predicted octanol–water partition coefficient (Wildman–Crippen LogP) is 11.2. The summed E-state index contributed by atoms with van der Waals surface area (Å²) in [5.74, 6) is 1.20. The van der Waals surface area contributed by atoms with E-state index in [0.717, 1.165) is 37.5 Å². The molecule has 0 unspecified atom stereocenters. The first-order chi connectivity index (χ1) is 21.1. The summed E-state index contributed by atoms with van der Waals surface area (Å²) in [6.45, 7) is 19.8. The predicted molar refractivity (Wildman–Crippen MR) is 181 cm³/mol. The minimum Gasteiger partial charge on any atom is -0.462 e. The third-order valence-corrected chi connectivity index (χ3v) is 8.68. The number of furan rings is 1. The van der Waals surface area contributed by atoms with Gasteiger partial charge in [0.1, 0.15) is 22.7 Å². The Balaban J connectivity index is 1.39. The molecule has 0 spiro atoms. The number of rotatable bonds is 5. The molecule has 0 N–H and O–H groups in total. The van der Waals surface area contributed by atoms with Gasteiger partial charge in [0.25, 0.3) is 5.70 Å². The van der Waals surface area contributed by atoms with Gasteiger partial charge in [0.05, 0.1) is 23.0 Å². The van der Waals surface area contributed by atoms with Crippen molar-refractivity contribution in [1.29, 1.82) is 5.26 Å². The molecule has 0 radical (unpaired) electrons. The Morgan fingerprint density at radius 3 is 2.23 bits per heavy atom. The largest absolute Gasteiger partial charge is 0.462 e. The fourth-order valence-corrected chi connectivity index (χ4v) is 7.00. The van der Waals surface area contributed by atoms with Gasteiger partial charge in [-0.15, -0.1) is 11.3 Å². The fraction of sp³-hybridized carbons (Fsp3) is 0.158. The van der Waals surface area contributed by atoms with Crippen molar-refractivity contribution in [2.45, 2.75) is 41.5 Å². The van der Waals surface area contributed by atoms with Crippen LogP contribution in [0.2, 0.25) is 0 Å². The van der Waals surface area contributed by atoms with Crippen molar-refractivity contribution in [3.05, 3.63) is 140 Å². The van der Waals surface area contributed by atoms with Gasteiger partial charge < -0.3 is 14.1 Å². The Hall–Kier alpha value is -5.30. The molecule has 2 aromatic heterocycles. The second-order valence-electron chi connectivity index (χ2n) is 11.3. The van der Waals surface area contributed by atoms with Crippen LogP contribution in [0.3, 0.4) is 0 Å². The zero-order valence-corrected chi connectivity index (χ0v) is 26.4. The van der Waals surface area contributed by atoms with Gasteiger partial charge in [-0.2, -0.15) is 0 Å². The first kappa shape index (κ1) is 28.8. The van der Waals surface area contributed by atoms with E-state index in [0.29, 0.717) is 17.1 Å². The molecule has 3 heterocycles. The van der Waals surface area contributed by atoms with Crippen molar-refractivity contribution in [3.8, 4) is 6.07 Å². The zero-order chi connectivity index (χ0) is 31.1. The van der Waals surface area contributed by atoms with E-state index in [4.69, 9.17) is 15.7 Å². The molecule has 0 fully saturated rings. The number of ether oxygens (including phenoxy) is 1. The maximum atomic E-state index is 9.27. The van der Waals surface area contributed by atoms with Crippen molar-refractivity contribution in [2.24, 2.45) is 0 Å². The number of benzene rings is 3. The maximum Gasteiger partial charge on any atom is 0.269 e. The van der Waals surface area contributed by atoms with Crippen molar-refractivity contribution >= 4 is 55.7 Å². The number of aryl methyl sites for hydroxylation is 5. The molecular weight excluding hydrogens is 563 g/mol. The summed E-state index contributed by atoms with van der Waals surface area (Å²) < 4.78 is 13.3. The summed E-state index contributed by atoms with van der Waals surface area (Å²) in [6.07, 6.45) is 7.24. The molecule has 6 rings (SSSR count). The third kappa shape index (κ3) is 5.44. The van der Waals surface area contributed by atoms with E-state index in [1.165, 1.54) is 33.5 Å². The highest BCUT2D eigenvalue weighted by atomic mass is 32.1.